The van der Waals surface area contributed by atoms with Crippen molar-refractivity contribution in [3.63, 3.8) is 0 Å². The minimum atomic E-state index is -0.983. The molecule has 2 N–H and O–H groups in total. The number of rotatable bonds is 7. The minimum absolute atomic E-state index is 0.0359. The Bertz CT molecular complexity index is 1280. The molecule has 7 nitrogen and oxygen atoms in total. The lowest BCUT2D eigenvalue weighted by molar-refractivity contribution is -0.138. The topological polar surface area (TPSA) is 87.7 Å². The third-order valence-corrected chi connectivity index (χ3v) is 6.35. The number of alkyl carbamates (subject to hydrolysis) is 1. The molecule has 0 aliphatic rings. The van der Waals surface area contributed by atoms with Crippen LogP contribution in [0.5, 0.6) is 0 Å². The van der Waals surface area contributed by atoms with Crippen molar-refractivity contribution in [1.29, 1.82) is 0 Å². The Morgan fingerprint density at radius 1 is 0.946 bits per heavy atom. The molecule has 0 saturated heterocycles. The summed E-state index contributed by atoms with van der Waals surface area (Å²) in [6.45, 7) is 9.04. The molecule has 0 aliphatic carbocycles. The van der Waals surface area contributed by atoms with E-state index in [1.807, 2.05) is 74.5 Å². The van der Waals surface area contributed by atoms with Crippen LogP contribution >= 0.6 is 12.6 Å². The molecular weight excluding hydrogens is 486 g/mol. The van der Waals surface area contributed by atoms with E-state index < -0.39 is 29.7 Å². The number of benzene rings is 3. The molecule has 0 spiro atoms. The highest BCUT2D eigenvalue weighted by Gasteiger charge is 2.35. The first-order valence-electron chi connectivity index (χ1n) is 12.1. The van der Waals surface area contributed by atoms with Crippen LogP contribution in [-0.2, 0) is 14.3 Å². The molecule has 0 fully saturated rings. The van der Waals surface area contributed by atoms with Crippen molar-refractivity contribution in [2.24, 2.45) is 0 Å². The van der Waals surface area contributed by atoms with Crippen molar-refractivity contribution in [2.45, 2.75) is 52.3 Å². The van der Waals surface area contributed by atoms with Crippen LogP contribution in [0.15, 0.2) is 60.7 Å². The lowest BCUT2D eigenvalue weighted by atomic mass is 9.94. The van der Waals surface area contributed by atoms with Crippen LogP contribution in [0.25, 0.3) is 10.8 Å². The van der Waals surface area contributed by atoms with Crippen LogP contribution in [0.3, 0.4) is 0 Å². The van der Waals surface area contributed by atoms with E-state index in [1.54, 1.807) is 27.8 Å². The second kappa shape index (κ2) is 11.7. The number of anilines is 1. The van der Waals surface area contributed by atoms with Crippen LogP contribution in [0, 0.1) is 13.8 Å². The SMILES string of the molecule is Cc1cccc(C)c1C(C(=O)Nc1ccc2ccccc2c1)N(C)C(=O)C(CS)NC(=O)OC(C)(C)C. The van der Waals surface area contributed by atoms with Gasteiger partial charge in [0.25, 0.3) is 5.91 Å². The highest BCUT2D eigenvalue weighted by Crippen LogP contribution is 2.29. The number of hydrogen-bond donors (Lipinski definition) is 3. The van der Waals surface area contributed by atoms with Gasteiger partial charge in [-0.2, -0.15) is 12.6 Å². The molecule has 37 heavy (non-hydrogen) atoms. The first kappa shape index (κ1) is 28.1. The van der Waals surface area contributed by atoms with Crippen molar-refractivity contribution in [3.8, 4) is 0 Å². The van der Waals surface area contributed by atoms with Gasteiger partial charge in [0.1, 0.15) is 17.7 Å². The van der Waals surface area contributed by atoms with Gasteiger partial charge in [-0.1, -0.05) is 48.5 Å². The Balaban J connectivity index is 1.94. The Labute approximate surface area is 224 Å². The predicted molar refractivity (Wildman–Crippen MR) is 151 cm³/mol. The van der Waals surface area contributed by atoms with Crippen LogP contribution in [0.2, 0.25) is 0 Å². The number of hydrogen-bond acceptors (Lipinski definition) is 5. The molecular formula is C29H35N3O4S. The van der Waals surface area contributed by atoms with Gasteiger partial charge in [-0.25, -0.2) is 4.79 Å². The monoisotopic (exact) mass is 521 g/mol. The lowest BCUT2D eigenvalue weighted by Gasteiger charge is -2.32. The lowest BCUT2D eigenvalue weighted by Crippen LogP contribution is -2.52. The predicted octanol–water partition coefficient (Wildman–Crippen LogP) is 5.42. The molecule has 3 aromatic carbocycles. The molecule has 0 bridgehead atoms. The highest BCUT2D eigenvalue weighted by molar-refractivity contribution is 7.80. The summed E-state index contributed by atoms with van der Waals surface area (Å²) in [6, 6.07) is 17.4. The summed E-state index contributed by atoms with van der Waals surface area (Å²) in [6.07, 6.45) is -0.725. The maximum atomic E-state index is 13.8. The zero-order valence-electron chi connectivity index (χ0n) is 22.2. The molecule has 2 unspecified atom stereocenters. The molecule has 0 radical (unpaired) electrons. The number of aryl methyl sites for hydroxylation is 2. The molecule has 8 heteroatoms. The van der Waals surface area contributed by atoms with Crippen LogP contribution < -0.4 is 10.6 Å². The summed E-state index contributed by atoms with van der Waals surface area (Å²) in [4.78, 5) is 41.1. The van der Waals surface area contributed by atoms with E-state index in [9.17, 15) is 14.4 Å². The molecule has 0 heterocycles. The summed E-state index contributed by atoms with van der Waals surface area (Å²) in [5.74, 6) is -0.783. The summed E-state index contributed by atoms with van der Waals surface area (Å²) in [5.41, 5.74) is 2.38. The van der Waals surface area contributed by atoms with E-state index in [1.165, 1.54) is 4.90 Å². The number of amides is 3. The summed E-state index contributed by atoms with van der Waals surface area (Å²) < 4.78 is 5.31. The number of carbonyl (C=O) groups excluding carboxylic acids is 3. The number of nitrogens with one attached hydrogen (secondary N) is 2. The number of likely N-dealkylation sites (N-methyl/N-ethyl adjacent to an activating group) is 1. The Morgan fingerprint density at radius 2 is 1.57 bits per heavy atom. The Kier molecular flexibility index (Phi) is 8.86. The van der Waals surface area contributed by atoms with E-state index in [0.717, 1.165) is 27.5 Å². The summed E-state index contributed by atoms with van der Waals surface area (Å²) in [5, 5.41) is 7.63. The third kappa shape index (κ3) is 7.04. The van der Waals surface area contributed by atoms with Gasteiger partial charge >= 0.3 is 6.09 Å². The standard InChI is InChI=1S/C29H35N3O4S/c1-18-10-9-11-19(2)24(18)25(26(33)30-22-15-14-20-12-7-8-13-21(20)16-22)32(6)27(34)23(17-37)31-28(35)36-29(3,4)5/h7-16,23,25,37H,17H2,1-6H3,(H,30,33)(H,31,35). The maximum absolute atomic E-state index is 13.8. The van der Waals surface area contributed by atoms with Gasteiger partial charge in [0.15, 0.2) is 0 Å². The fourth-order valence-corrected chi connectivity index (χ4v) is 4.49. The average Bonchev–Trinajstić information content (AvgIpc) is 2.82. The van der Waals surface area contributed by atoms with Crippen LogP contribution in [0.4, 0.5) is 10.5 Å². The van der Waals surface area contributed by atoms with Gasteiger partial charge in [-0.05, 0) is 74.2 Å². The normalized spacial score (nSPS) is 12.9. The maximum Gasteiger partial charge on any atom is 0.408 e. The molecule has 2 atom stereocenters. The van der Waals surface area contributed by atoms with Crippen molar-refractivity contribution >= 4 is 47.0 Å². The molecule has 3 rings (SSSR count). The van der Waals surface area contributed by atoms with Gasteiger partial charge in [0, 0.05) is 18.5 Å². The van der Waals surface area contributed by atoms with Gasteiger partial charge < -0.3 is 20.3 Å². The molecule has 0 aromatic heterocycles. The van der Waals surface area contributed by atoms with Crippen LogP contribution in [-0.4, -0.2) is 47.3 Å². The van der Waals surface area contributed by atoms with Crippen molar-refractivity contribution in [2.75, 3.05) is 18.1 Å². The number of thiol groups is 1. The molecule has 3 aromatic rings. The quantitative estimate of drug-likeness (QED) is 0.363. The zero-order valence-corrected chi connectivity index (χ0v) is 23.1. The zero-order chi connectivity index (χ0) is 27.3. The molecule has 196 valence electrons. The van der Waals surface area contributed by atoms with E-state index in [-0.39, 0.29) is 11.7 Å². The van der Waals surface area contributed by atoms with Gasteiger partial charge in [-0.3, -0.25) is 9.59 Å². The van der Waals surface area contributed by atoms with Crippen molar-refractivity contribution < 1.29 is 19.1 Å². The largest absolute Gasteiger partial charge is 0.444 e. The van der Waals surface area contributed by atoms with Gasteiger partial charge in [0.2, 0.25) is 5.91 Å². The van der Waals surface area contributed by atoms with E-state index in [4.69, 9.17) is 4.74 Å². The number of nitrogens with zero attached hydrogens (tertiary/aromatic N) is 1. The minimum Gasteiger partial charge on any atom is -0.444 e. The van der Waals surface area contributed by atoms with Gasteiger partial charge in [-0.15, -0.1) is 0 Å². The Morgan fingerprint density at radius 3 is 2.16 bits per heavy atom. The Hall–Kier alpha value is -3.52. The van der Waals surface area contributed by atoms with Crippen molar-refractivity contribution in [3.05, 3.63) is 77.4 Å². The van der Waals surface area contributed by atoms with Crippen molar-refractivity contribution in [1.82, 2.24) is 10.2 Å². The first-order chi connectivity index (χ1) is 17.4. The fraction of sp³-hybridized carbons (Fsp3) is 0.345. The fourth-order valence-electron chi connectivity index (χ4n) is 4.25. The van der Waals surface area contributed by atoms with E-state index in [2.05, 4.69) is 23.3 Å². The number of ether oxygens (including phenoxy) is 1. The van der Waals surface area contributed by atoms with Gasteiger partial charge in [0.05, 0.1) is 0 Å². The first-order valence-corrected chi connectivity index (χ1v) is 12.8. The number of fused-ring (bicyclic) bond motifs is 1. The van der Waals surface area contributed by atoms with E-state index >= 15 is 0 Å². The molecule has 0 aliphatic heterocycles. The molecule has 0 saturated carbocycles. The average molecular weight is 522 g/mol. The molecule has 3 amide bonds. The summed E-state index contributed by atoms with van der Waals surface area (Å²) in [7, 11) is 1.56. The second-order valence-electron chi connectivity index (χ2n) is 10.1. The smallest absolute Gasteiger partial charge is 0.408 e. The summed E-state index contributed by atoms with van der Waals surface area (Å²) >= 11 is 4.28. The third-order valence-electron chi connectivity index (χ3n) is 5.99. The van der Waals surface area contributed by atoms with Crippen LogP contribution in [0.1, 0.15) is 43.5 Å². The van der Waals surface area contributed by atoms with E-state index in [0.29, 0.717) is 5.69 Å². The number of carbonyl (C=O) groups is 3. The highest BCUT2D eigenvalue weighted by atomic mass is 32.1. The second-order valence-corrected chi connectivity index (χ2v) is 10.5.